The lowest BCUT2D eigenvalue weighted by Crippen LogP contribution is -2.46. The van der Waals surface area contributed by atoms with Crippen molar-refractivity contribution in [1.82, 2.24) is 19.9 Å². The van der Waals surface area contributed by atoms with Crippen LogP contribution in [-0.2, 0) is 28.9 Å². The number of carbonyl (C=O) groups excluding carboxylic acids is 3. The third-order valence-electron chi connectivity index (χ3n) is 15.3. The monoisotopic (exact) mass is 1010 g/mol. The molecule has 1 N–H and O–H groups in total. The van der Waals surface area contributed by atoms with Crippen LogP contribution >= 0.6 is 0 Å². The number of hydrogen-bond acceptors (Lipinski definition) is 11. The number of amides is 1. The highest BCUT2D eigenvalue weighted by molar-refractivity contribution is 6.03. The van der Waals surface area contributed by atoms with Crippen LogP contribution in [0.4, 0.5) is 33.5 Å². The summed E-state index contributed by atoms with van der Waals surface area (Å²) < 4.78 is 5.83. The number of ketones is 2. The van der Waals surface area contributed by atoms with Crippen molar-refractivity contribution in [2.24, 2.45) is 11.8 Å². The minimum Gasteiger partial charge on any atom is -0.443 e. The van der Waals surface area contributed by atoms with Crippen LogP contribution in [0.1, 0.15) is 137 Å². The topological polar surface area (TPSA) is 124 Å². The Labute approximate surface area is 445 Å². The van der Waals surface area contributed by atoms with E-state index in [1.165, 1.54) is 11.1 Å². The van der Waals surface area contributed by atoms with Crippen molar-refractivity contribution in [2.45, 2.75) is 125 Å². The van der Waals surface area contributed by atoms with E-state index in [1.54, 1.807) is 11.0 Å². The summed E-state index contributed by atoms with van der Waals surface area (Å²) in [5, 5.41) is 3.43. The van der Waals surface area contributed by atoms with E-state index < -0.39 is 11.7 Å². The molecule has 0 spiro atoms. The number of Topliss-reactive ketones (excluding diaryl/α,β-unsaturated/α-hetero) is 2. The first-order chi connectivity index (χ1) is 36.0. The second-order valence-electron chi connectivity index (χ2n) is 21.7. The zero-order chi connectivity index (χ0) is 53.6. The minimum atomic E-state index is -0.639. The summed E-state index contributed by atoms with van der Waals surface area (Å²) in [6.45, 7) is 35.1. The lowest BCUT2D eigenvalue weighted by molar-refractivity contribution is -0.115. The number of carbonyl (C=O) groups is 3. The van der Waals surface area contributed by atoms with Gasteiger partial charge in [-0.25, -0.2) is 14.8 Å². The van der Waals surface area contributed by atoms with E-state index in [9.17, 15) is 14.4 Å². The smallest absolute Gasteiger partial charge is 0.414 e. The summed E-state index contributed by atoms with van der Waals surface area (Å²) in [4.78, 5) is 63.4. The molecule has 2 atom stereocenters. The summed E-state index contributed by atoms with van der Waals surface area (Å²) in [7, 11) is 0. The summed E-state index contributed by atoms with van der Waals surface area (Å²) in [6, 6.07) is 14.8. The Balaban J connectivity index is 0.874. The molecule has 12 nitrogen and oxygen atoms in total. The molecule has 2 saturated carbocycles. The molecule has 2 unspecified atom stereocenters. The van der Waals surface area contributed by atoms with Crippen molar-refractivity contribution in [2.75, 3.05) is 59.3 Å². The highest BCUT2D eigenvalue weighted by Gasteiger charge is 2.31. The van der Waals surface area contributed by atoms with Gasteiger partial charge in [0.15, 0.2) is 11.6 Å². The number of anilines is 5. The molecule has 2 aliphatic carbocycles. The third-order valence-corrected chi connectivity index (χ3v) is 15.3. The lowest BCUT2D eigenvalue weighted by atomic mass is 9.84. The molecule has 8 rings (SSSR count). The highest BCUT2D eigenvalue weighted by atomic mass is 16.6. The number of allylic oxidation sites excluding steroid dienone is 5. The third kappa shape index (κ3) is 12.8. The van der Waals surface area contributed by atoms with Gasteiger partial charge in [-0.2, -0.15) is 0 Å². The second kappa shape index (κ2) is 23.5. The largest absolute Gasteiger partial charge is 0.443 e. The quantitative estimate of drug-likeness (QED) is 0.0470. The van der Waals surface area contributed by atoms with Crippen LogP contribution in [0.5, 0.6) is 0 Å². The predicted octanol–water partition coefficient (Wildman–Crippen LogP) is 13.1. The molecule has 2 aromatic heterocycles. The number of ether oxygens (including phenoxy) is 1. The van der Waals surface area contributed by atoms with Crippen molar-refractivity contribution in [1.29, 1.82) is 0 Å². The molecule has 12 heteroatoms. The van der Waals surface area contributed by atoms with Gasteiger partial charge in [0, 0.05) is 93.1 Å². The molecular weight excluding hydrogens is 933 g/mol. The van der Waals surface area contributed by atoms with Crippen molar-refractivity contribution >= 4 is 58.0 Å². The summed E-state index contributed by atoms with van der Waals surface area (Å²) in [5.74, 6) is 0.873. The van der Waals surface area contributed by atoms with Gasteiger partial charge in [0.25, 0.3) is 0 Å². The van der Waals surface area contributed by atoms with Gasteiger partial charge in [-0.3, -0.25) is 19.5 Å². The van der Waals surface area contributed by atoms with E-state index in [1.807, 2.05) is 53.9 Å². The van der Waals surface area contributed by atoms with Crippen LogP contribution < -0.4 is 20.0 Å². The Morgan fingerprint density at radius 2 is 1.72 bits per heavy atom. The van der Waals surface area contributed by atoms with E-state index >= 15 is 0 Å². The molecule has 1 amide bonds. The summed E-state index contributed by atoms with van der Waals surface area (Å²) in [5.41, 5.74) is 21.5. The second-order valence-corrected chi connectivity index (χ2v) is 21.7. The van der Waals surface area contributed by atoms with Crippen LogP contribution in [0.2, 0.25) is 0 Å². The number of aromatic nitrogens is 3. The fraction of sp³-hybridized carbons (Fsp3) is 0.429. The fourth-order valence-electron chi connectivity index (χ4n) is 10.7. The Hall–Kier alpha value is -7.26. The molecule has 3 fully saturated rings. The summed E-state index contributed by atoms with van der Waals surface area (Å²) in [6.07, 6.45) is 12.9. The minimum absolute atomic E-state index is 0.127. The normalized spacial score (nSPS) is 17.1. The van der Waals surface area contributed by atoms with Crippen LogP contribution in [0.25, 0.3) is 11.6 Å². The molecule has 4 heterocycles. The Kier molecular flexibility index (Phi) is 16.9. The van der Waals surface area contributed by atoms with Crippen LogP contribution in [0.15, 0.2) is 115 Å². The number of rotatable bonds is 17. The predicted molar refractivity (Wildman–Crippen MR) is 305 cm³/mol. The number of piperazine rings is 1. The number of pyridine rings is 1. The molecule has 2 aliphatic heterocycles. The molecule has 392 valence electrons. The molecular formula is C63H76N8O4. The molecule has 0 radical (unpaired) electrons. The lowest BCUT2D eigenvalue weighted by Gasteiger charge is -2.38. The molecule has 75 heavy (non-hydrogen) atoms. The SMILES string of the molecule is C=C=C1CC(=C)C(=O)CCC1CCC(C)C(=O)c1ccc(N2CCN(C(=C=C)Cc3ccc(Nc4ncc5c(n4)CN(c4cnc(C=C)c(N(CCC)C(=O)OC(C)(C)C)c4C)CC5)cc3)CC2)cc1C(C)=C1CC1. The van der Waals surface area contributed by atoms with E-state index in [4.69, 9.17) is 19.7 Å². The first-order valence-electron chi connectivity index (χ1n) is 26.9. The van der Waals surface area contributed by atoms with E-state index in [2.05, 4.69) is 107 Å². The highest BCUT2D eigenvalue weighted by Crippen LogP contribution is 2.40. The number of fused-ring (bicyclic) bond motifs is 1. The standard InChI is InChI=1S/C63H76N8O4/c1-12-29-71(62(74)75-63(9,10)11)59-44(8)57(39-64-55(59)15-4)70-30-28-49-38-65-61(67-56(49)40-70)66-50-23-17-45(18-24-50)36-51(14-3)68-31-33-69(34-32-68)52-25-26-53(54(37-52)43(7)47-20-21-47)60(73)41(5)16-19-48-22-27-58(72)42(6)35-46(48)13-2/h15,17-18,23-26,37-39,41,48H,2-4,6,12,16,19-22,27-36,40H2,1,5,7-11H3,(H,65,66,67). The Morgan fingerprint density at radius 1 is 0.973 bits per heavy atom. The average Bonchev–Trinajstić information content (AvgIpc) is 4.28. The molecule has 4 aromatic rings. The first kappa shape index (κ1) is 54.0. The van der Waals surface area contributed by atoms with Crippen molar-refractivity contribution in [3.05, 3.63) is 154 Å². The molecule has 2 aromatic carbocycles. The van der Waals surface area contributed by atoms with Gasteiger partial charge in [0.2, 0.25) is 5.95 Å². The van der Waals surface area contributed by atoms with Gasteiger partial charge in [-0.15, -0.1) is 11.5 Å². The van der Waals surface area contributed by atoms with Gasteiger partial charge in [-0.05, 0) is 155 Å². The Bertz CT molecular complexity index is 2990. The first-order valence-corrected chi connectivity index (χ1v) is 26.9. The van der Waals surface area contributed by atoms with Gasteiger partial charge in [-0.1, -0.05) is 57.9 Å². The van der Waals surface area contributed by atoms with Crippen LogP contribution in [0, 0.1) is 18.8 Å². The van der Waals surface area contributed by atoms with Gasteiger partial charge >= 0.3 is 6.09 Å². The summed E-state index contributed by atoms with van der Waals surface area (Å²) >= 11 is 0. The van der Waals surface area contributed by atoms with Gasteiger partial charge in [0.05, 0.1) is 41.2 Å². The van der Waals surface area contributed by atoms with Crippen LogP contribution in [-0.4, -0.2) is 82.4 Å². The zero-order valence-electron chi connectivity index (χ0n) is 45.5. The maximum Gasteiger partial charge on any atom is 0.414 e. The maximum atomic E-state index is 14.2. The molecule has 0 bridgehead atoms. The number of nitrogens with zero attached hydrogens (tertiary/aromatic N) is 7. The van der Waals surface area contributed by atoms with Gasteiger partial charge < -0.3 is 24.8 Å². The van der Waals surface area contributed by atoms with Gasteiger partial charge in [0.1, 0.15) is 5.60 Å². The number of hydrogen-bond donors (Lipinski definition) is 1. The number of benzene rings is 2. The van der Waals surface area contributed by atoms with E-state index in [0.29, 0.717) is 55.3 Å². The average molecular weight is 1010 g/mol. The van der Waals surface area contributed by atoms with Crippen LogP contribution in [0.3, 0.4) is 0 Å². The molecule has 1 saturated heterocycles. The van der Waals surface area contributed by atoms with E-state index in [0.717, 1.165) is 140 Å². The maximum absolute atomic E-state index is 14.2. The van der Waals surface area contributed by atoms with E-state index in [-0.39, 0.29) is 23.4 Å². The number of nitrogens with one attached hydrogen (secondary N) is 1. The fourth-order valence-corrected chi connectivity index (χ4v) is 10.7. The van der Waals surface area contributed by atoms with Crippen molar-refractivity contribution in [3.8, 4) is 0 Å². The Morgan fingerprint density at radius 3 is 2.39 bits per heavy atom. The van der Waals surface area contributed by atoms with Crippen molar-refractivity contribution < 1.29 is 19.1 Å². The zero-order valence-corrected chi connectivity index (χ0v) is 45.5. The van der Waals surface area contributed by atoms with Crippen molar-refractivity contribution in [3.63, 3.8) is 0 Å². The molecule has 4 aliphatic rings.